The summed E-state index contributed by atoms with van der Waals surface area (Å²) in [7, 11) is 0. The average molecular weight is 372 g/mol. The first kappa shape index (κ1) is 17.3. The fourth-order valence-electron chi connectivity index (χ4n) is 1.90. The SMILES string of the molecule is Cl.NCC1CN(C(=O)c2cc(F)c(F)cc2Br)CCO1. The number of amides is 1. The summed E-state index contributed by atoms with van der Waals surface area (Å²) >= 11 is 3.07. The van der Waals surface area contributed by atoms with E-state index in [1.165, 1.54) is 4.90 Å². The van der Waals surface area contributed by atoms with Crippen molar-refractivity contribution in [2.45, 2.75) is 6.10 Å². The minimum atomic E-state index is -1.05. The monoisotopic (exact) mass is 370 g/mol. The van der Waals surface area contributed by atoms with Crippen LogP contribution < -0.4 is 5.73 Å². The van der Waals surface area contributed by atoms with Crippen molar-refractivity contribution in [1.82, 2.24) is 4.90 Å². The van der Waals surface area contributed by atoms with Gasteiger partial charge in [-0.15, -0.1) is 12.4 Å². The van der Waals surface area contributed by atoms with Crippen molar-refractivity contribution in [2.24, 2.45) is 5.73 Å². The molecule has 2 N–H and O–H groups in total. The highest BCUT2D eigenvalue weighted by Crippen LogP contribution is 2.23. The molecule has 1 unspecified atom stereocenters. The molecule has 1 heterocycles. The maximum absolute atomic E-state index is 13.2. The summed E-state index contributed by atoms with van der Waals surface area (Å²) in [5.74, 6) is -2.41. The van der Waals surface area contributed by atoms with Crippen LogP contribution in [0.5, 0.6) is 0 Å². The Morgan fingerprint density at radius 1 is 1.45 bits per heavy atom. The molecule has 0 saturated carbocycles. The number of hydrogen-bond donors (Lipinski definition) is 1. The molecule has 0 bridgehead atoms. The summed E-state index contributed by atoms with van der Waals surface area (Å²) in [5, 5.41) is 0. The zero-order valence-corrected chi connectivity index (χ0v) is 12.8. The molecule has 2 rings (SSSR count). The quantitative estimate of drug-likeness (QED) is 0.809. The normalized spacial score (nSPS) is 18.6. The third kappa shape index (κ3) is 3.66. The van der Waals surface area contributed by atoms with Gasteiger partial charge >= 0.3 is 0 Å². The Bertz CT molecular complexity index is 505. The van der Waals surface area contributed by atoms with Crippen molar-refractivity contribution < 1.29 is 18.3 Å². The highest BCUT2D eigenvalue weighted by molar-refractivity contribution is 9.10. The van der Waals surface area contributed by atoms with Gasteiger partial charge in [-0.2, -0.15) is 0 Å². The highest BCUT2D eigenvalue weighted by Gasteiger charge is 2.26. The molecule has 1 atom stereocenters. The number of rotatable bonds is 2. The Morgan fingerprint density at radius 3 is 2.75 bits per heavy atom. The van der Waals surface area contributed by atoms with Gasteiger partial charge in [0.15, 0.2) is 11.6 Å². The van der Waals surface area contributed by atoms with Crippen molar-refractivity contribution in [3.8, 4) is 0 Å². The first-order valence-electron chi connectivity index (χ1n) is 5.78. The van der Waals surface area contributed by atoms with Gasteiger partial charge in [-0.05, 0) is 28.1 Å². The summed E-state index contributed by atoms with van der Waals surface area (Å²) in [4.78, 5) is 13.8. The van der Waals surface area contributed by atoms with Crippen LogP contribution in [0.25, 0.3) is 0 Å². The van der Waals surface area contributed by atoms with E-state index in [9.17, 15) is 13.6 Å². The van der Waals surface area contributed by atoms with Crippen molar-refractivity contribution in [3.63, 3.8) is 0 Å². The second kappa shape index (κ2) is 7.31. The molecular formula is C12H14BrClF2N2O2. The molecule has 1 aliphatic heterocycles. The van der Waals surface area contributed by atoms with Crippen molar-refractivity contribution in [3.05, 3.63) is 33.8 Å². The van der Waals surface area contributed by atoms with E-state index < -0.39 is 11.6 Å². The van der Waals surface area contributed by atoms with Crippen LogP contribution in [0, 0.1) is 11.6 Å². The molecule has 8 heteroatoms. The number of hydrogen-bond acceptors (Lipinski definition) is 3. The van der Waals surface area contributed by atoms with E-state index in [0.29, 0.717) is 26.2 Å². The van der Waals surface area contributed by atoms with Gasteiger partial charge in [0.1, 0.15) is 0 Å². The van der Waals surface area contributed by atoms with Crippen LogP contribution in [0.4, 0.5) is 8.78 Å². The molecule has 0 aromatic heterocycles. The Morgan fingerprint density at radius 2 is 2.10 bits per heavy atom. The van der Waals surface area contributed by atoms with Crippen LogP contribution in [-0.4, -0.2) is 43.2 Å². The lowest BCUT2D eigenvalue weighted by Crippen LogP contribution is -2.48. The first-order chi connectivity index (χ1) is 9.02. The Balaban J connectivity index is 0.00000200. The summed E-state index contributed by atoms with van der Waals surface area (Å²) in [6.07, 6.45) is -0.221. The Hall–Kier alpha value is -0.760. The molecule has 1 saturated heterocycles. The molecular weight excluding hydrogens is 357 g/mol. The number of nitrogens with zero attached hydrogens (tertiary/aromatic N) is 1. The number of carbonyl (C=O) groups excluding carboxylic acids is 1. The van der Waals surface area contributed by atoms with Crippen LogP contribution in [0.2, 0.25) is 0 Å². The van der Waals surface area contributed by atoms with Crippen LogP contribution in [0.1, 0.15) is 10.4 Å². The van der Waals surface area contributed by atoms with Crippen molar-refractivity contribution in [2.75, 3.05) is 26.2 Å². The standard InChI is InChI=1S/C12H13BrF2N2O2.ClH/c13-9-4-11(15)10(14)3-8(9)12(18)17-1-2-19-7(5-16)6-17;/h3-4,7H,1-2,5-6,16H2;1H. The zero-order valence-electron chi connectivity index (χ0n) is 10.4. The topological polar surface area (TPSA) is 55.6 Å². The van der Waals surface area contributed by atoms with Crippen molar-refractivity contribution in [1.29, 1.82) is 0 Å². The van der Waals surface area contributed by atoms with Gasteiger partial charge in [0, 0.05) is 24.1 Å². The summed E-state index contributed by atoms with van der Waals surface area (Å²) in [6.45, 7) is 1.44. The minimum absolute atomic E-state index is 0. The maximum Gasteiger partial charge on any atom is 0.255 e. The Kier molecular flexibility index (Phi) is 6.32. The van der Waals surface area contributed by atoms with Gasteiger partial charge in [0.2, 0.25) is 0 Å². The van der Waals surface area contributed by atoms with Gasteiger partial charge in [0.25, 0.3) is 5.91 Å². The fraction of sp³-hybridized carbons (Fsp3) is 0.417. The molecule has 4 nitrogen and oxygen atoms in total. The number of carbonyl (C=O) groups is 1. The first-order valence-corrected chi connectivity index (χ1v) is 6.57. The molecule has 20 heavy (non-hydrogen) atoms. The van der Waals surface area contributed by atoms with E-state index >= 15 is 0 Å². The second-order valence-electron chi connectivity index (χ2n) is 4.23. The highest BCUT2D eigenvalue weighted by atomic mass is 79.9. The van der Waals surface area contributed by atoms with Gasteiger partial charge in [-0.3, -0.25) is 4.79 Å². The predicted molar refractivity (Wildman–Crippen MR) is 76.0 cm³/mol. The number of morpholine rings is 1. The molecule has 1 aromatic rings. The molecule has 0 aliphatic carbocycles. The van der Waals surface area contributed by atoms with Crippen molar-refractivity contribution >= 4 is 34.2 Å². The van der Waals surface area contributed by atoms with Gasteiger partial charge in [-0.25, -0.2) is 8.78 Å². The molecule has 112 valence electrons. The molecule has 1 amide bonds. The van der Waals surface area contributed by atoms with E-state index in [1.54, 1.807) is 0 Å². The molecule has 1 aliphatic rings. The Labute approximate surface area is 129 Å². The van der Waals surface area contributed by atoms with Crippen LogP contribution in [0.15, 0.2) is 16.6 Å². The molecule has 1 fully saturated rings. The zero-order chi connectivity index (χ0) is 14.0. The lowest BCUT2D eigenvalue weighted by Gasteiger charge is -2.32. The van der Waals surface area contributed by atoms with E-state index in [2.05, 4.69) is 15.9 Å². The number of benzene rings is 1. The maximum atomic E-state index is 13.2. The predicted octanol–water partition coefficient (Wildman–Crippen LogP) is 1.95. The summed E-state index contributed by atoms with van der Waals surface area (Å²) in [6, 6.07) is 1.85. The smallest absolute Gasteiger partial charge is 0.255 e. The summed E-state index contributed by atoms with van der Waals surface area (Å²) < 4.78 is 31.8. The summed E-state index contributed by atoms with van der Waals surface area (Å²) in [5.41, 5.74) is 5.59. The third-order valence-corrected chi connectivity index (χ3v) is 3.59. The lowest BCUT2D eigenvalue weighted by atomic mass is 10.1. The van der Waals surface area contributed by atoms with E-state index in [-0.39, 0.29) is 34.5 Å². The van der Waals surface area contributed by atoms with E-state index in [0.717, 1.165) is 12.1 Å². The number of nitrogens with two attached hydrogens (primary N) is 1. The molecule has 1 aromatic carbocycles. The van der Waals surface area contributed by atoms with Gasteiger partial charge in [0.05, 0.1) is 18.3 Å². The van der Waals surface area contributed by atoms with Crippen LogP contribution in [-0.2, 0) is 4.74 Å². The van der Waals surface area contributed by atoms with E-state index in [1.807, 2.05) is 0 Å². The fourth-order valence-corrected chi connectivity index (χ4v) is 2.39. The third-order valence-electron chi connectivity index (χ3n) is 2.93. The largest absolute Gasteiger partial charge is 0.373 e. The van der Waals surface area contributed by atoms with Crippen LogP contribution in [0.3, 0.4) is 0 Å². The second-order valence-corrected chi connectivity index (χ2v) is 5.08. The lowest BCUT2D eigenvalue weighted by molar-refractivity contribution is -0.0168. The van der Waals surface area contributed by atoms with E-state index in [4.69, 9.17) is 10.5 Å². The average Bonchev–Trinajstić information content (AvgIpc) is 2.42. The van der Waals surface area contributed by atoms with Crippen LogP contribution >= 0.6 is 28.3 Å². The number of halogens is 4. The number of ether oxygens (including phenoxy) is 1. The minimum Gasteiger partial charge on any atom is -0.373 e. The molecule has 0 radical (unpaired) electrons. The van der Waals surface area contributed by atoms with Gasteiger partial charge < -0.3 is 15.4 Å². The van der Waals surface area contributed by atoms with Gasteiger partial charge in [-0.1, -0.05) is 0 Å². The molecule has 0 spiro atoms.